The predicted molar refractivity (Wildman–Crippen MR) is 131 cm³/mol. The Labute approximate surface area is 192 Å². The van der Waals surface area contributed by atoms with Crippen molar-refractivity contribution in [2.75, 3.05) is 36.6 Å². The molecule has 8 nitrogen and oxygen atoms in total. The maximum atomic E-state index is 12.1. The number of rotatable bonds is 6. The van der Waals surface area contributed by atoms with Crippen LogP contribution in [0, 0.1) is 11.8 Å². The lowest BCUT2D eigenvalue weighted by Gasteiger charge is -2.25. The highest BCUT2D eigenvalue weighted by atomic mass is 16.6. The number of aromatic nitrogens is 2. The van der Waals surface area contributed by atoms with E-state index in [0.717, 1.165) is 24.2 Å². The minimum absolute atomic E-state index is 0.208. The van der Waals surface area contributed by atoms with Gasteiger partial charge in [0.25, 0.3) is 0 Å². The molecule has 174 valence electrons. The molecule has 0 aliphatic heterocycles. The van der Waals surface area contributed by atoms with Crippen LogP contribution in [0.15, 0.2) is 30.5 Å². The average Bonchev–Trinajstić information content (AvgIpc) is 2.75. The minimum atomic E-state index is -0.530. The molecule has 0 spiro atoms. The molecule has 0 atom stereocenters. The number of anilines is 3. The van der Waals surface area contributed by atoms with Crippen LogP contribution in [0.2, 0.25) is 0 Å². The first kappa shape index (κ1) is 26.6. The lowest BCUT2D eigenvalue weighted by atomic mass is 10.2. The summed E-state index contributed by atoms with van der Waals surface area (Å²) < 4.78 is 5.34. The number of ether oxygens (including phenoxy) is 1. The van der Waals surface area contributed by atoms with Gasteiger partial charge in [0.1, 0.15) is 11.4 Å². The Morgan fingerprint density at radius 3 is 2.59 bits per heavy atom. The van der Waals surface area contributed by atoms with Crippen molar-refractivity contribution in [3.8, 4) is 11.8 Å². The molecule has 0 fully saturated rings. The van der Waals surface area contributed by atoms with E-state index in [0.29, 0.717) is 18.1 Å². The molecule has 0 saturated heterocycles. The smallest absolute Gasteiger partial charge is 0.411 e. The zero-order valence-electron chi connectivity index (χ0n) is 20.2. The van der Waals surface area contributed by atoms with E-state index in [4.69, 9.17) is 10.5 Å². The highest BCUT2D eigenvalue weighted by Crippen LogP contribution is 2.14. The number of benzene rings is 1. The topological polar surface area (TPSA) is 105 Å². The molecule has 1 heterocycles. The molecule has 32 heavy (non-hydrogen) atoms. The maximum absolute atomic E-state index is 12.1. The van der Waals surface area contributed by atoms with Crippen LogP contribution in [0.4, 0.5) is 22.2 Å². The van der Waals surface area contributed by atoms with Crippen LogP contribution in [-0.2, 0) is 4.74 Å². The predicted octanol–water partition coefficient (Wildman–Crippen LogP) is 4.54. The second kappa shape index (κ2) is 13.1. The van der Waals surface area contributed by atoms with E-state index in [9.17, 15) is 4.79 Å². The number of nitrogen functional groups attached to an aromatic ring is 1. The molecule has 0 unspecified atom stereocenters. The summed E-state index contributed by atoms with van der Waals surface area (Å²) in [7, 11) is 1.68. The zero-order chi connectivity index (χ0) is 24.1. The van der Waals surface area contributed by atoms with Crippen molar-refractivity contribution in [3.63, 3.8) is 0 Å². The molecule has 1 aromatic carbocycles. The second-order valence-electron chi connectivity index (χ2n) is 7.76. The van der Waals surface area contributed by atoms with Gasteiger partial charge in [0.15, 0.2) is 0 Å². The summed E-state index contributed by atoms with van der Waals surface area (Å²) in [6.07, 6.45) is 2.19. The van der Waals surface area contributed by atoms with Crippen LogP contribution >= 0.6 is 0 Å². The van der Waals surface area contributed by atoms with Crippen molar-refractivity contribution < 1.29 is 9.53 Å². The molecular formula is C24H36N6O2. The van der Waals surface area contributed by atoms with Gasteiger partial charge < -0.3 is 21.1 Å². The number of hydrogen-bond acceptors (Lipinski definition) is 7. The Morgan fingerprint density at radius 1 is 1.22 bits per heavy atom. The highest BCUT2D eigenvalue weighted by molar-refractivity contribution is 5.68. The normalized spacial score (nSPS) is 10.1. The van der Waals surface area contributed by atoms with Crippen LogP contribution in [0.3, 0.4) is 0 Å². The number of carbonyl (C=O) groups is 1. The van der Waals surface area contributed by atoms with Gasteiger partial charge in [-0.3, -0.25) is 4.90 Å². The number of amides is 1. The molecule has 0 aliphatic rings. The van der Waals surface area contributed by atoms with Gasteiger partial charge in [-0.15, -0.1) is 0 Å². The quantitative estimate of drug-likeness (QED) is 0.447. The fourth-order valence-corrected chi connectivity index (χ4v) is 2.33. The van der Waals surface area contributed by atoms with Crippen molar-refractivity contribution in [2.45, 2.75) is 53.6 Å². The Hall–Kier alpha value is -3.47. The SMILES string of the molecule is CC.CCCNc1nc(N)ncc1C#Cc1cccc(NCN(C)C(=O)OC(C)(C)C)c1. The number of nitrogens with one attached hydrogen (secondary N) is 2. The summed E-state index contributed by atoms with van der Waals surface area (Å²) in [6.45, 7) is 12.7. The van der Waals surface area contributed by atoms with E-state index < -0.39 is 5.60 Å². The van der Waals surface area contributed by atoms with Gasteiger partial charge in [0, 0.05) is 24.8 Å². The fourth-order valence-electron chi connectivity index (χ4n) is 2.33. The van der Waals surface area contributed by atoms with Gasteiger partial charge >= 0.3 is 6.09 Å². The summed E-state index contributed by atoms with van der Waals surface area (Å²) in [4.78, 5) is 21.8. The number of hydrogen-bond donors (Lipinski definition) is 3. The van der Waals surface area contributed by atoms with E-state index >= 15 is 0 Å². The number of carbonyl (C=O) groups excluding carboxylic acids is 1. The number of nitrogens with zero attached hydrogens (tertiary/aromatic N) is 3. The summed E-state index contributed by atoms with van der Waals surface area (Å²) in [6, 6.07) is 7.63. The largest absolute Gasteiger partial charge is 0.444 e. The van der Waals surface area contributed by atoms with E-state index in [1.165, 1.54) is 4.90 Å². The first-order valence-corrected chi connectivity index (χ1v) is 10.8. The van der Waals surface area contributed by atoms with Crippen molar-refractivity contribution in [1.82, 2.24) is 14.9 Å². The van der Waals surface area contributed by atoms with Crippen molar-refractivity contribution >= 4 is 23.5 Å². The first-order chi connectivity index (χ1) is 15.2. The first-order valence-electron chi connectivity index (χ1n) is 10.8. The fraction of sp³-hybridized carbons (Fsp3) is 0.458. The summed E-state index contributed by atoms with van der Waals surface area (Å²) >= 11 is 0. The molecule has 0 aliphatic carbocycles. The molecule has 0 saturated carbocycles. The Morgan fingerprint density at radius 2 is 1.94 bits per heavy atom. The van der Waals surface area contributed by atoms with Crippen molar-refractivity contribution in [3.05, 3.63) is 41.6 Å². The Kier molecular flexibility index (Phi) is 10.8. The molecule has 0 bridgehead atoms. The third-order valence-corrected chi connectivity index (χ3v) is 3.78. The van der Waals surface area contributed by atoms with Crippen LogP contribution in [0.25, 0.3) is 0 Å². The highest BCUT2D eigenvalue weighted by Gasteiger charge is 2.19. The van der Waals surface area contributed by atoms with E-state index in [1.807, 2.05) is 58.9 Å². The average molecular weight is 441 g/mol. The van der Waals surface area contributed by atoms with Gasteiger partial charge in [0.2, 0.25) is 5.95 Å². The number of nitrogens with two attached hydrogens (primary N) is 1. The molecule has 2 rings (SSSR count). The summed E-state index contributed by atoms with van der Waals surface area (Å²) in [5.74, 6) is 7.06. The lowest BCUT2D eigenvalue weighted by molar-refractivity contribution is 0.0311. The van der Waals surface area contributed by atoms with Gasteiger partial charge in [0.05, 0.1) is 18.4 Å². The van der Waals surface area contributed by atoms with Gasteiger partial charge in [-0.2, -0.15) is 4.98 Å². The Bertz CT molecular complexity index is 928. The zero-order valence-corrected chi connectivity index (χ0v) is 20.2. The second-order valence-corrected chi connectivity index (χ2v) is 7.76. The lowest BCUT2D eigenvalue weighted by Crippen LogP contribution is -2.36. The third-order valence-electron chi connectivity index (χ3n) is 3.78. The van der Waals surface area contributed by atoms with Gasteiger partial charge in [-0.25, -0.2) is 9.78 Å². The molecule has 8 heteroatoms. The van der Waals surface area contributed by atoms with Crippen LogP contribution in [0.5, 0.6) is 0 Å². The minimum Gasteiger partial charge on any atom is -0.444 e. The Balaban J connectivity index is 0.00000249. The molecule has 1 aromatic heterocycles. The van der Waals surface area contributed by atoms with E-state index in [1.54, 1.807) is 13.2 Å². The summed E-state index contributed by atoms with van der Waals surface area (Å²) in [5.41, 5.74) is 7.49. The van der Waals surface area contributed by atoms with Crippen molar-refractivity contribution in [1.29, 1.82) is 0 Å². The maximum Gasteiger partial charge on any atom is 0.411 e. The van der Waals surface area contributed by atoms with Crippen LogP contribution in [-0.4, -0.2) is 46.8 Å². The molecular weight excluding hydrogens is 404 g/mol. The van der Waals surface area contributed by atoms with E-state index in [-0.39, 0.29) is 12.0 Å². The molecule has 2 aromatic rings. The molecule has 4 N–H and O–H groups in total. The third kappa shape index (κ3) is 9.56. The molecule has 1 amide bonds. The summed E-state index contributed by atoms with van der Waals surface area (Å²) in [5, 5.41) is 6.42. The van der Waals surface area contributed by atoms with E-state index in [2.05, 4.69) is 39.4 Å². The monoisotopic (exact) mass is 440 g/mol. The van der Waals surface area contributed by atoms with Crippen LogP contribution < -0.4 is 16.4 Å². The van der Waals surface area contributed by atoms with Crippen LogP contribution in [0.1, 0.15) is 59.1 Å². The standard InChI is InChI=1S/C22H30N6O2.C2H6/c1-6-12-24-19-17(14-25-20(23)27-19)11-10-16-8-7-9-18(13-16)26-15-28(5)21(29)30-22(2,3)4;1-2/h7-9,13-14,26H,6,12,15H2,1-5H3,(H3,23,24,25,27);1-2H3. The van der Waals surface area contributed by atoms with Crippen molar-refractivity contribution in [2.24, 2.45) is 0 Å². The van der Waals surface area contributed by atoms with Gasteiger partial charge in [-0.1, -0.05) is 38.7 Å². The molecule has 0 radical (unpaired) electrons. The van der Waals surface area contributed by atoms with Gasteiger partial charge in [-0.05, 0) is 45.4 Å².